The van der Waals surface area contributed by atoms with Gasteiger partial charge in [-0.1, -0.05) is 12.1 Å². The average Bonchev–Trinajstić information content (AvgIpc) is 2.55. The minimum absolute atomic E-state index is 0. The van der Waals surface area contributed by atoms with Crippen LogP contribution in [0.1, 0.15) is 31.2 Å². The number of likely N-dealkylation sites (tertiary alicyclic amines) is 1. The number of ether oxygens (including phenoxy) is 1. The van der Waals surface area contributed by atoms with Crippen LogP contribution in [0.5, 0.6) is 0 Å². The molecule has 1 aromatic carbocycles. The molecule has 1 amide bonds. The van der Waals surface area contributed by atoms with Gasteiger partial charge in [-0.25, -0.2) is 4.39 Å². The molecule has 0 bridgehead atoms. The Balaban J connectivity index is 0.00000264. The monoisotopic (exact) mass is 344 g/mol. The van der Waals surface area contributed by atoms with Crippen molar-refractivity contribution in [2.45, 2.75) is 38.2 Å². The fourth-order valence-electron chi connectivity index (χ4n) is 2.67. The Labute approximate surface area is 143 Å². The Kier molecular flexibility index (Phi) is 9.14. The van der Waals surface area contributed by atoms with Gasteiger partial charge in [0.25, 0.3) is 0 Å². The molecule has 1 saturated heterocycles. The summed E-state index contributed by atoms with van der Waals surface area (Å²) in [6.45, 7) is 2.88. The van der Waals surface area contributed by atoms with E-state index >= 15 is 0 Å². The Morgan fingerprint density at radius 3 is 2.52 bits per heavy atom. The first kappa shape index (κ1) is 19.9. The van der Waals surface area contributed by atoms with Gasteiger partial charge < -0.3 is 15.4 Å². The van der Waals surface area contributed by atoms with Crippen molar-refractivity contribution in [1.29, 1.82) is 0 Å². The molecular formula is C17H26ClFN2O2. The van der Waals surface area contributed by atoms with Crippen molar-refractivity contribution in [2.75, 3.05) is 26.2 Å². The number of hydrogen-bond acceptors (Lipinski definition) is 3. The fraction of sp³-hybridized carbons (Fsp3) is 0.588. The number of nitrogens with two attached hydrogens (primary N) is 1. The van der Waals surface area contributed by atoms with E-state index in [-0.39, 0.29) is 30.2 Å². The van der Waals surface area contributed by atoms with Gasteiger partial charge in [0.15, 0.2) is 0 Å². The molecule has 130 valence electrons. The second-order valence-electron chi connectivity index (χ2n) is 5.72. The second-order valence-corrected chi connectivity index (χ2v) is 5.72. The van der Waals surface area contributed by atoms with Gasteiger partial charge in [0.2, 0.25) is 5.91 Å². The number of piperidine rings is 1. The normalized spacial score (nSPS) is 15.3. The van der Waals surface area contributed by atoms with E-state index in [1.54, 1.807) is 12.1 Å². The highest BCUT2D eigenvalue weighted by molar-refractivity contribution is 5.85. The van der Waals surface area contributed by atoms with E-state index in [1.807, 2.05) is 4.90 Å². The molecule has 0 spiro atoms. The zero-order chi connectivity index (χ0) is 15.8. The molecule has 0 saturated carbocycles. The van der Waals surface area contributed by atoms with Gasteiger partial charge in [-0.15, -0.1) is 12.4 Å². The van der Waals surface area contributed by atoms with Crippen molar-refractivity contribution in [1.82, 2.24) is 4.90 Å². The van der Waals surface area contributed by atoms with E-state index in [2.05, 4.69) is 0 Å². The van der Waals surface area contributed by atoms with Crippen LogP contribution in [0.25, 0.3) is 0 Å². The van der Waals surface area contributed by atoms with Crippen LogP contribution in [0.2, 0.25) is 0 Å². The molecule has 0 aromatic heterocycles. The quantitative estimate of drug-likeness (QED) is 0.773. The summed E-state index contributed by atoms with van der Waals surface area (Å²) >= 11 is 0. The van der Waals surface area contributed by atoms with Crippen LogP contribution in [0.15, 0.2) is 24.3 Å². The standard InChI is InChI=1S/C17H25FN2O2.ClH/c18-15-5-2-14(3-6-15)4-7-17(21)20-11-8-16(9-12-20)22-13-1-10-19;/h2-3,5-6,16H,1,4,7-13,19H2;1H. The molecule has 1 heterocycles. The van der Waals surface area contributed by atoms with Crippen LogP contribution < -0.4 is 5.73 Å². The molecule has 0 aliphatic carbocycles. The van der Waals surface area contributed by atoms with Crippen molar-refractivity contribution in [3.8, 4) is 0 Å². The van der Waals surface area contributed by atoms with Crippen molar-refractivity contribution < 1.29 is 13.9 Å². The molecule has 23 heavy (non-hydrogen) atoms. The molecule has 1 aliphatic heterocycles. The third kappa shape index (κ3) is 6.85. The minimum atomic E-state index is -0.244. The maximum Gasteiger partial charge on any atom is 0.222 e. The van der Waals surface area contributed by atoms with Crippen LogP contribution in [-0.4, -0.2) is 43.2 Å². The maximum absolute atomic E-state index is 12.8. The van der Waals surface area contributed by atoms with Crippen LogP contribution in [0.4, 0.5) is 4.39 Å². The molecule has 2 rings (SSSR count). The summed E-state index contributed by atoms with van der Waals surface area (Å²) in [5.41, 5.74) is 6.44. The Morgan fingerprint density at radius 2 is 1.91 bits per heavy atom. The topological polar surface area (TPSA) is 55.6 Å². The predicted molar refractivity (Wildman–Crippen MR) is 91.2 cm³/mol. The van der Waals surface area contributed by atoms with Crippen molar-refractivity contribution in [2.24, 2.45) is 5.73 Å². The zero-order valence-corrected chi connectivity index (χ0v) is 14.2. The largest absolute Gasteiger partial charge is 0.378 e. The number of benzene rings is 1. The lowest BCUT2D eigenvalue weighted by Gasteiger charge is -2.32. The first-order chi connectivity index (χ1) is 10.7. The second kappa shape index (κ2) is 10.6. The molecule has 1 aliphatic rings. The molecule has 0 unspecified atom stereocenters. The molecular weight excluding hydrogens is 319 g/mol. The number of aryl methyl sites for hydroxylation is 1. The van der Waals surface area contributed by atoms with Gasteiger partial charge in [-0.2, -0.15) is 0 Å². The third-order valence-electron chi connectivity index (χ3n) is 4.04. The van der Waals surface area contributed by atoms with Crippen LogP contribution in [0.3, 0.4) is 0 Å². The number of nitrogens with zero attached hydrogens (tertiary/aromatic N) is 1. The van der Waals surface area contributed by atoms with Crippen LogP contribution in [-0.2, 0) is 16.0 Å². The first-order valence-electron chi connectivity index (χ1n) is 8.03. The van der Waals surface area contributed by atoms with Gasteiger partial charge in [0.05, 0.1) is 6.10 Å². The summed E-state index contributed by atoms with van der Waals surface area (Å²) in [5, 5.41) is 0. The van der Waals surface area contributed by atoms with Crippen molar-refractivity contribution >= 4 is 18.3 Å². The highest BCUT2D eigenvalue weighted by Gasteiger charge is 2.22. The van der Waals surface area contributed by atoms with Gasteiger partial charge in [-0.3, -0.25) is 4.79 Å². The molecule has 0 radical (unpaired) electrons. The summed E-state index contributed by atoms with van der Waals surface area (Å²) in [6.07, 6.45) is 4.07. The number of rotatable bonds is 7. The fourth-order valence-corrected chi connectivity index (χ4v) is 2.67. The number of amides is 1. The summed E-state index contributed by atoms with van der Waals surface area (Å²) in [7, 11) is 0. The Morgan fingerprint density at radius 1 is 1.26 bits per heavy atom. The lowest BCUT2D eigenvalue weighted by atomic mass is 10.1. The predicted octanol–water partition coefficient (Wildman–Crippen LogP) is 2.54. The minimum Gasteiger partial charge on any atom is -0.378 e. The Bertz CT molecular complexity index is 462. The molecule has 4 nitrogen and oxygen atoms in total. The number of halogens is 2. The SMILES string of the molecule is Cl.NCCCOC1CCN(C(=O)CCc2ccc(F)cc2)CC1. The molecule has 1 aromatic rings. The summed E-state index contributed by atoms with van der Waals surface area (Å²) < 4.78 is 18.6. The highest BCUT2D eigenvalue weighted by Crippen LogP contribution is 2.15. The smallest absolute Gasteiger partial charge is 0.222 e. The van der Waals surface area contributed by atoms with E-state index < -0.39 is 0 Å². The van der Waals surface area contributed by atoms with Gasteiger partial charge in [0.1, 0.15) is 5.82 Å². The molecule has 1 fully saturated rings. The van der Waals surface area contributed by atoms with Crippen LogP contribution >= 0.6 is 12.4 Å². The first-order valence-corrected chi connectivity index (χ1v) is 8.03. The van der Waals surface area contributed by atoms with Gasteiger partial charge in [-0.05, 0) is 49.9 Å². The van der Waals surface area contributed by atoms with E-state index in [9.17, 15) is 9.18 Å². The maximum atomic E-state index is 12.8. The number of carbonyl (C=O) groups is 1. The van der Waals surface area contributed by atoms with Crippen molar-refractivity contribution in [3.05, 3.63) is 35.6 Å². The molecule has 0 atom stereocenters. The lowest BCUT2D eigenvalue weighted by Crippen LogP contribution is -2.41. The lowest BCUT2D eigenvalue weighted by molar-refractivity contribution is -0.133. The van der Waals surface area contributed by atoms with E-state index in [4.69, 9.17) is 10.5 Å². The highest BCUT2D eigenvalue weighted by atomic mass is 35.5. The van der Waals surface area contributed by atoms with E-state index in [1.165, 1.54) is 12.1 Å². The average molecular weight is 345 g/mol. The molecule has 2 N–H and O–H groups in total. The number of hydrogen-bond donors (Lipinski definition) is 1. The van der Waals surface area contributed by atoms with E-state index in [0.717, 1.165) is 37.9 Å². The van der Waals surface area contributed by atoms with E-state index in [0.29, 0.717) is 26.0 Å². The summed E-state index contributed by atoms with van der Waals surface area (Å²) in [6, 6.07) is 6.34. The van der Waals surface area contributed by atoms with Gasteiger partial charge >= 0.3 is 0 Å². The summed E-state index contributed by atoms with van der Waals surface area (Å²) in [5.74, 6) is -0.0727. The Hall–Kier alpha value is -1.17. The zero-order valence-electron chi connectivity index (χ0n) is 13.4. The summed E-state index contributed by atoms with van der Waals surface area (Å²) in [4.78, 5) is 14.1. The molecule has 6 heteroatoms. The number of carbonyl (C=O) groups excluding carboxylic acids is 1. The third-order valence-corrected chi connectivity index (χ3v) is 4.04. The van der Waals surface area contributed by atoms with Crippen LogP contribution in [0, 0.1) is 5.82 Å². The van der Waals surface area contributed by atoms with Crippen molar-refractivity contribution in [3.63, 3.8) is 0 Å². The van der Waals surface area contributed by atoms with Gasteiger partial charge in [0, 0.05) is 26.1 Å².